The lowest BCUT2D eigenvalue weighted by molar-refractivity contribution is 0.134. The second kappa shape index (κ2) is 4.97. The van der Waals surface area contributed by atoms with Crippen LogP contribution in [0.4, 0.5) is 5.69 Å². The Hall–Kier alpha value is -1.77. The monoisotopic (exact) mass is 291 g/mol. The molecule has 2 fully saturated rings. The van der Waals surface area contributed by atoms with Crippen LogP contribution in [-0.2, 0) is 4.74 Å². The molecule has 0 saturated carbocycles. The molecule has 104 valence electrons. The zero-order valence-electron chi connectivity index (χ0n) is 11.0. The van der Waals surface area contributed by atoms with Crippen molar-refractivity contribution in [2.45, 2.75) is 25.5 Å². The maximum Gasteiger partial charge on any atom is 0.293 e. The topological polar surface area (TPSA) is 68.8 Å². The summed E-state index contributed by atoms with van der Waals surface area (Å²) in [6.07, 6.45) is 0.383. The van der Waals surface area contributed by atoms with E-state index in [1.54, 1.807) is 12.1 Å². The van der Waals surface area contributed by atoms with Crippen LogP contribution < -0.4 is 0 Å². The normalized spacial score (nSPS) is 26.5. The summed E-state index contributed by atoms with van der Waals surface area (Å²) in [5.41, 5.74) is 1.88. The van der Waals surface area contributed by atoms with E-state index in [-0.39, 0.29) is 12.1 Å². The van der Waals surface area contributed by atoms with Crippen LogP contribution in [0, 0.1) is 18.3 Å². The Morgan fingerprint density at radius 2 is 2.35 bits per heavy atom. The van der Waals surface area contributed by atoms with Crippen molar-refractivity contribution in [2.75, 3.05) is 13.2 Å². The van der Waals surface area contributed by atoms with Gasteiger partial charge < -0.3 is 14.7 Å². The van der Waals surface area contributed by atoms with Gasteiger partial charge in [-0.3, -0.25) is 0 Å². The van der Waals surface area contributed by atoms with Crippen molar-refractivity contribution in [3.8, 4) is 6.07 Å². The van der Waals surface area contributed by atoms with E-state index in [0.717, 1.165) is 18.5 Å². The number of hydrogen-bond acceptors (Lipinski definition) is 4. The molecule has 1 aromatic carbocycles. The molecule has 1 aromatic rings. The average Bonchev–Trinajstić information content (AvgIpc) is 3.00. The van der Waals surface area contributed by atoms with Gasteiger partial charge in [-0.1, -0.05) is 11.6 Å². The summed E-state index contributed by atoms with van der Waals surface area (Å²) < 4.78 is 5.55. The lowest BCUT2D eigenvalue weighted by atomic mass is 10.1. The Bertz CT molecular complexity index is 624. The van der Waals surface area contributed by atoms with Gasteiger partial charge in [-0.05, 0) is 31.0 Å². The zero-order chi connectivity index (χ0) is 14.3. The SMILES string of the molecule is Cc1c(/N=C2\OC[C@@H]3C(O)CCN23)ccc(C#N)c1Cl. The standard InChI is InChI=1S/C14H14ClN3O2/c1-8-10(3-2-9(6-16)13(8)15)17-14-18-5-4-12(19)11(18)7-20-14/h2-3,11-12,19H,4-5,7H2,1H3/b17-14-/t11-,12?/m1/s1. The minimum atomic E-state index is -0.353. The molecule has 3 rings (SSSR count). The summed E-state index contributed by atoms with van der Waals surface area (Å²) in [7, 11) is 0. The first-order valence-electron chi connectivity index (χ1n) is 6.47. The molecule has 1 unspecified atom stereocenters. The zero-order valence-corrected chi connectivity index (χ0v) is 11.8. The van der Waals surface area contributed by atoms with Crippen LogP contribution in [0.3, 0.4) is 0 Å². The fourth-order valence-corrected chi connectivity index (χ4v) is 2.80. The van der Waals surface area contributed by atoms with Gasteiger partial charge in [0.05, 0.1) is 28.4 Å². The Kier molecular flexibility index (Phi) is 3.28. The van der Waals surface area contributed by atoms with Gasteiger partial charge in [0, 0.05) is 6.54 Å². The molecular weight excluding hydrogens is 278 g/mol. The number of ether oxygens (including phenoxy) is 1. The van der Waals surface area contributed by atoms with E-state index in [9.17, 15) is 5.11 Å². The van der Waals surface area contributed by atoms with Gasteiger partial charge >= 0.3 is 0 Å². The lowest BCUT2D eigenvalue weighted by Gasteiger charge is -2.15. The van der Waals surface area contributed by atoms with Crippen LogP contribution >= 0.6 is 11.6 Å². The lowest BCUT2D eigenvalue weighted by Crippen LogP contribution is -2.33. The van der Waals surface area contributed by atoms with Gasteiger partial charge in [0.15, 0.2) is 0 Å². The number of halogens is 1. The second-order valence-corrected chi connectivity index (χ2v) is 5.38. The van der Waals surface area contributed by atoms with Gasteiger partial charge in [-0.2, -0.15) is 10.3 Å². The van der Waals surface area contributed by atoms with Gasteiger partial charge in [0.25, 0.3) is 6.02 Å². The quantitative estimate of drug-likeness (QED) is 0.859. The number of rotatable bonds is 1. The molecule has 6 heteroatoms. The van der Waals surface area contributed by atoms with Crippen LogP contribution in [0.2, 0.25) is 5.02 Å². The Morgan fingerprint density at radius 3 is 3.10 bits per heavy atom. The maximum atomic E-state index is 9.82. The van der Waals surface area contributed by atoms with Crippen molar-refractivity contribution in [3.63, 3.8) is 0 Å². The van der Waals surface area contributed by atoms with E-state index >= 15 is 0 Å². The second-order valence-electron chi connectivity index (χ2n) is 5.01. The Balaban J connectivity index is 1.94. The molecule has 1 N–H and O–H groups in total. The third-order valence-corrected chi connectivity index (χ3v) is 4.32. The summed E-state index contributed by atoms with van der Waals surface area (Å²) in [6, 6.07) is 5.98. The first kappa shape index (κ1) is 13.2. The van der Waals surface area contributed by atoms with E-state index < -0.39 is 0 Å². The summed E-state index contributed by atoms with van der Waals surface area (Å²) in [4.78, 5) is 6.47. The number of nitriles is 1. The van der Waals surface area contributed by atoms with Crippen molar-refractivity contribution >= 4 is 23.3 Å². The van der Waals surface area contributed by atoms with Gasteiger partial charge in [-0.25, -0.2) is 0 Å². The van der Waals surface area contributed by atoms with E-state index in [4.69, 9.17) is 21.6 Å². The largest absolute Gasteiger partial charge is 0.463 e. The molecule has 0 aromatic heterocycles. The van der Waals surface area contributed by atoms with E-state index in [0.29, 0.717) is 28.9 Å². The summed E-state index contributed by atoms with van der Waals surface area (Å²) in [6.45, 7) is 3.03. The fraction of sp³-hybridized carbons (Fsp3) is 0.429. The molecule has 2 saturated heterocycles. The van der Waals surface area contributed by atoms with Gasteiger partial charge in [0.1, 0.15) is 12.7 Å². The van der Waals surface area contributed by atoms with Crippen molar-refractivity contribution in [3.05, 3.63) is 28.3 Å². The summed E-state index contributed by atoms with van der Waals surface area (Å²) >= 11 is 6.13. The van der Waals surface area contributed by atoms with Crippen molar-refractivity contribution in [1.82, 2.24) is 4.90 Å². The van der Waals surface area contributed by atoms with E-state index in [2.05, 4.69) is 4.99 Å². The summed E-state index contributed by atoms with van der Waals surface area (Å²) in [5.74, 6) is 0. The van der Waals surface area contributed by atoms with E-state index in [1.807, 2.05) is 17.9 Å². The molecule has 2 heterocycles. The molecule has 0 amide bonds. The van der Waals surface area contributed by atoms with Crippen molar-refractivity contribution < 1.29 is 9.84 Å². The molecule has 5 nitrogen and oxygen atoms in total. The highest BCUT2D eigenvalue weighted by Gasteiger charge is 2.41. The number of aliphatic hydroxyl groups is 1. The number of aliphatic imine (C=N–C) groups is 1. The number of amidine groups is 1. The Labute approximate surface area is 122 Å². The van der Waals surface area contributed by atoms with Crippen molar-refractivity contribution in [2.24, 2.45) is 4.99 Å². The van der Waals surface area contributed by atoms with Crippen LogP contribution in [0.25, 0.3) is 0 Å². The van der Waals surface area contributed by atoms with Gasteiger partial charge in [-0.15, -0.1) is 0 Å². The van der Waals surface area contributed by atoms with Crippen molar-refractivity contribution in [1.29, 1.82) is 5.26 Å². The van der Waals surface area contributed by atoms with Crippen LogP contribution in [-0.4, -0.2) is 41.3 Å². The summed E-state index contributed by atoms with van der Waals surface area (Å²) in [5, 5.41) is 19.2. The third-order valence-electron chi connectivity index (χ3n) is 3.83. The fourth-order valence-electron chi connectivity index (χ4n) is 2.60. The number of aliphatic hydroxyl groups excluding tert-OH is 1. The number of nitrogens with zero attached hydrogens (tertiary/aromatic N) is 3. The van der Waals surface area contributed by atoms with Gasteiger partial charge in [0.2, 0.25) is 0 Å². The first-order valence-corrected chi connectivity index (χ1v) is 6.85. The first-order chi connectivity index (χ1) is 9.61. The smallest absolute Gasteiger partial charge is 0.293 e. The predicted molar refractivity (Wildman–Crippen MR) is 75.1 cm³/mol. The minimum absolute atomic E-state index is 0.00269. The number of fused-ring (bicyclic) bond motifs is 1. The Morgan fingerprint density at radius 1 is 1.55 bits per heavy atom. The number of hydrogen-bond donors (Lipinski definition) is 1. The highest BCUT2D eigenvalue weighted by molar-refractivity contribution is 6.32. The van der Waals surface area contributed by atoms with Crippen LogP contribution in [0.1, 0.15) is 17.5 Å². The molecule has 0 bridgehead atoms. The molecular formula is C14H14ClN3O2. The van der Waals surface area contributed by atoms with Crippen LogP contribution in [0.15, 0.2) is 17.1 Å². The molecule has 2 aliphatic rings. The molecule has 2 aliphatic heterocycles. The van der Waals surface area contributed by atoms with Crippen LogP contribution in [0.5, 0.6) is 0 Å². The molecule has 0 spiro atoms. The molecule has 0 aliphatic carbocycles. The third kappa shape index (κ3) is 2.01. The molecule has 20 heavy (non-hydrogen) atoms. The average molecular weight is 292 g/mol. The highest BCUT2D eigenvalue weighted by atomic mass is 35.5. The highest BCUT2D eigenvalue weighted by Crippen LogP contribution is 2.31. The minimum Gasteiger partial charge on any atom is -0.463 e. The number of benzene rings is 1. The molecule has 2 atom stereocenters. The molecule has 0 radical (unpaired) electrons. The predicted octanol–water partition coefficient (Wildman–Crippen LogP) is 1.97. The maximum absolute atomic E-state index is 9.82. The van der Waals surface area contributed by atoms with E-state index in [1.165, 1.54) is 0 Å².